The van der Waals surface area contributed by atoms with E-state index in [1.807, 2.05) is 19.1 Å². The molecule has 0 aliphatic rings. The van der Waals surface area contributed by atoms with Crippen LogP contribution in [0.15, 0.2) is 30.3 Å². The third-order valence-electron chi connectivity index (χ3n) is 3.41. The number of aryl methyl sites for hydroxylation is 1. The monoisotopic (exact) mass is 332 g/mol. The van der Waals surface area contributed by atoms with E-state index in [1.165, 1.54) is 0 Å². The first kappa shape index (κ1) is 18.2. The molecule has 0 bridgehead atoms. The number of carbonyl (C=O) groups excluding carboxylic acids is 1. The number of benzene rings is 1. The van der Waals surface area contributed by atoms with E-state index in [0.717, 1.165) is 16.6 Å². The molecule has 6 heteroatoms. The largest absolute Gasteiger partial charge is 0.444 e. The standard InChI is InChI=1S/C18H24N2O4/c1-11-5-6-12-9-13(7-8-14(12)20-11)16(22)15(21)10-19-17(23)24-18(2,3)4/h5-9,15-16,21-22H,10H2,1-4H3,(H,19,23). The molecular weight excluding hydrogens is 308 g/mol. The minimum Gasteiger partial charge on any atom is -0.444 e. The van der Waals surface area contributed by atoms with Gasteiger partial charge in [0.25, 0.3) is 0 Å². The summed E-state index contributed by atoms with van der Waals surface area (Å²) in [4.78, 5) is 16.0. The minimum atomic E-state index is -1.15. The van der Waals surface area contributed by atoms with Crippen LogP contribution in [0.25, 0.3) is 10.9 Å². The number of aliphatic hydroxyl groups excluding tert-OH is 2. The quantitative estimate of drug-likeness (QED) is 0.800. The first-order valence-electron chi connectivity index (χ1n) is 7.86. The van der Waals surface area contributed by atoms with Crippen LogP contribution in [0.2, 0.25) is 0 Å². The molecule has 0 fully saturated rings. The number of carbonyl (C=O) groups is 1. The number of nitrogens with zero attached hydrogens (tertiary/aromatic N) is 1. The van der Waals surface area contributed by atoms with Crippen LogP contribution in [0.4, 0.5) is 4.79 Å². The molecular formula is C18H24N2O4. The molecule has 2 unspecified atom stereocenters. The number of fused-ring (bicyclic) bond motifs is 1. The van der Waals surface area contributed by atoms with Gasteiger partial charge in [0.15, 0.2) is 0 Å². The molecule has 1 amide bonds. The number of aromatic nitrogens is 1. The topological polar surface area (TPSA) is 91.7 Å². The summed E-state index contributed by atoms with van der Waals surface area (Å²) in [5, 5.41) is 23.7. The Morgan fingerprint density at radius 3 is 2.62 bits per heavy atom. The Labute approximate surface area is 141 Å². The normalized spacial score (nSPS) is 14.2. The summed E-state index contributed by atoms with van der Waals surface area (Å²) in [7, 11) is 0. The molecule has 1 heterocycles. The molecule has 130 valence electrons. The Morgan fingerprint density at radius 1 is 1.25 bits per heavy atom. The van der Waals surface area contributed by atoms with E-state index in [-0.39, 0.29) is 6.54 Å². The fourth-order valence-corrected chi connectivity index (χ4v) is 2.27. The Hall–Kier alpha value is -2.18. The Balaban J connectivity index is 2.01. The lowest BCUT2D eigenvalue weighted by Gasteiger charge is -2.22. The third-order valence-corrected chi connectivity index (χ3v) is 3.41. The number of pyridine rings is 1. The van der Waals surface area contributed by atoms with Gasteiger partial charge in [0.2, 0.25) is 0 Å². The second-order valence-corrected chi connectivity index (χ2v) is 6.80. The van der Waals surface area contributed by atoms with Gasteiger partial charge in [0.1, 0.15) is 17.8 Å². The predicted molar refractivity (Wildman–Crippen MR) is 91.7 cm³/mol. The van der Waals surface area contributed by atoms with Gasteiger partial charge in [-0.25, -0.2) is 4.79 Å². The van der Waals surface area contributed by atoms with Gasteiger partial charge in [-0.15, -0.1) is 0 Å². The molecule has 2 rings (SSSR count). The number of aliphatic hydroxyl groups is 2. The highest BCUT2D eigenvalue weighted by molar-refractivity contribution is 5.79. The number of amides is 1. The SMILES string of the molecule is Cc1ccc2cc(C(O)C(O)CNC(=O)OC(C)(C)C)ccc2n1. The van der Waals surface area contributed by atoms with Gasteiger partial charge in [0.05, 0.1) is 5.52 Å². The number of rotatable bonds is 4. The molecule has 2 aromatic rings. The lowest BCUT2D eigenvalue weighted by atomic mass is 10.0. The molecule has 3 N–H and O–H groups in total. The molecule has 0 saturated heterocycles. The summed E-state index contributed by atoms with van der Waals surface area (Å²) in [5.74, 6) is 0. The van der Waals surface area contributed by atoms with E-state index in [4.69, 9.17) is 4.74 Å². The number of nitrogens with one attached hydrogen (secondary N) is 1. The van der Waals surface area contributed by atoms with Gasteiger partial charge >= 0.3 is 6.09 Å². The highest BCUT2D eigenvalue weighted by atomic mass is 16.6. The lowest BCUT2D eigenvalue weighted by molar-refractivity contribution is 0.0130. The number of ether oxygens (including phenoxy) is 1. The van der Waals surface area contributed by atoms with E-state index in [1.54, 1.807) is 39.0 Å². The molecule has 2 atom stereocenters. The lowest BCUT2D eigenvalue weighted by Crippen LogP contribution is -2.38. The molecule has 0 aliphatic carbocycles. The molecule has 24 heavy (non-hydrogen) atoms. The summed E-state index contributed by atoms with van der Waals surface area (Å²) < 4.78 is 5.09. The van der Waals surface area contributed by atoms with Crippen molar-refractivity contribution in [2.45, 2.75) is 45.5 Å². The van der Waals surface area contributed by atoms with Crippen molar-refractivity contribution in [1.29, 1.82) is 0 Å². The third kappa shape index (κ3) is 4.91. The zero-order valence-electron chi connectivity index (χ0n) is 14.4. The van der Waals surface area contributed by atoms with Crippen molar-refractivity contribution in [3.8, 4) is 0 Å². The van der Waals surface area contributed by atoms with Gasteiger partial charge in [-0.1, -0.05) is 12.1 Å². The van der Waals surface area contributed by atoms with Crippen molar-refractivity contribution < 1.29 is 19.7 Å². The van der Waals surface area contributed by atoms with E-state index in [0.29, 0.717) is 5.56 Å². The smallest absolute Gasteiger partial charge is 0.407 e. The second-order valence-electron chi connectivity index (χ2n) is 6.80. The molecule has 6 nitrogen and oxygen atoms in total. The van der Waals surface area contributed by atoms with Gasteiger partial charge in [-0.05, 0) is 51.5 Å². The zero-order valence-corrected chi connectivity index (χ0v) is 14.4. The van der Waals surface area contributed by atoms with Crippen LogP contribution in [0.3, 0.4) is 0 Å². The molecule has 0 spiro atoms. The fraction of sp³-hybridized carbons (Fsp3) is 0.444. The van der Waals surface area contributed by atoms with Gasteiger partial charge in [-0.2, -0.15) is 0 Å². The maximum atomic E-state index is 11.6. The van der Waals surface area contributed by atoms with E-state index < -0.39 is 23.9 Å². The maximum absolute atomic E-state index is 11.6. The Morgan fingerprint density at radius 2 is 1.96 bits per heavy atom. The molecule has 1 aromatic heterocycles. The molecule has 1 aromatic carbocycles. The Bertz CT molecular complexity index is 725. The van der Waals surface area contributed by atoms with Gasteiger partial charge < -0.3 is 20.3 Å². The minimum absolute atomic E-state index is 0.111. The van der Waals surface area contributed by atoms with Crippen LogP contribution in [0, 0.1) is 6.92 Å². The molecule has 0 aliphatic heterocycles. The summed E-state index contributed by atoms with van der Waals surface area (Å²) >= 11 is 0. The van der Waals surface area contributed by atoms with Crippen LogP contribution in [-0.4, -0.2) is 39.5 Å². The van der Waals surface area contributed by atoms with Crippen molar-refractivity contribution in [1.82, 2.24) is 10.3 Å². The zero-order chi connectivity index (χ0) is 17.9. The average molecular weight is 332 g/mol. The second kappa shape index (κ2) is 7.15. The summed E-state index contributed by atoms with van der Waals surface area (Å²) in [6, 6.07) is 9.10. The summed E-state index contributed by atoms with van der Waals surface area (Å²) in [6.07, 6.45) is -2.90. The van der Waals surface area contributed by atoms with Crippen LogP contribution < -0.4 is 5.32 Å². The van der Waals surface area contributed by atoms with Crippen molar-refractivity contribution in [2.24, 2.45) is 0 Å². The maximum Gasteiger partial charge on any atom is 0.407 e. The number of alkyl carbamates (subject to hydrolysis) is 1. The van der Waals surface area contributed by atoms with Crippen molar-refractivity contribution in [3.63, 3.8) is 0 Å². The number of hydrogen-bond acceptors (Lipinski definition) is 5. The predicted octanol–water partition coefficient (Wildman–Crippen LogP) is 2.46. The van der Waals surface area contributed by atoms with E-state index in [2.05, 4.69) is 10.3 Å². The van der Waals surface area contributed by atoms with Crippen LogP contribution >= 0.6 is 0 Å². The van der Waals surface area contributed by atoms with Gasteiger partial charge in [0, 0.05) is 17.6 Å². The van der Waals surface area contributed by atoms with Crippen molar-refractivity contribution in [3.05, 3.63) is 41.6 Å². The van der Waals surface area contributed by atoms with Crippen LogP contribution in [0.5, 0.6) is 0 Å². The summed E-state index contributed by atoms with van der Waals surface area (Å²) in [5.41, 5.74) is 1.69. The van der Waals surface area contributed by atoms with Crippen molar-refractivity contribution >= 4 is 17.0 Å². The molecule has 0 saturated carbocycles. The first-order chi connectivity index (χ1) is 11.2. The first-order valence-corrected chi connectivity index (χ1v) is 7.86. The van der Waals surface area contributed by atoms with E-state index in [9.17, 15) is 15.0 Å². The highest BCUT2D eigenvalue weighted by Gasteiger charge is 2.21. The van der Waals surface area contributed by atoms with Crippen molar-refractivity contribution in [2.75, 3.05) is 6.54 Å². The van der Waals surface area contributed by atoms with Crippen LogP contribution in [-0.2, 0) is 4.74 Å². The summed E-state index contributed by atoms with van der Waals surface area (Å²) in [6.45, 7) is 7.06. The fourth-order valence-electron chi connectivity index (χ4n) is 2.27. The van der Waals surface area contributed by atoms with Gasteiger partial charge in [-0.3, -0.25) is 4.98 Å². The van der Waals surface area contributed by atoms with E-state index >= 15 is 0 Å². The number of hydrogen-bond donors (Lipinski definition) is 3. The Kier molecular flexibility index (Phi) is 5.41. The average Bonchev–Trinajstić information content (AvgIpc) is 2.49. The highest BCUT2D eigenvalue weighted by Crippen LogP contribution is 2.22. The van der Waals surface area contributed by atoms with Crippen LogP contribution in [0.1, 0.15) is 38.1 Å². The molecule has 0 radical (unpaired) electrons.